The van der Waals surface area contributed by atoms with E-state index in [0.29, 0.717) is 0 Å². The highest BCUT2D eigenvalue weighted by Crippen LogP contribution is 2.55. The van der Waals surface area contributed by atoms with Crippen molar-refractivity contribution < 1.29 is 39.3 Å². The number of benzene rings is 1. The number of aliphatic hydroxyl groups is 2. The first-order chi connectivity index (χ1) is 15.4. The zero-order chi connectivity index (χ0) is 24.5. The monoisotopic (exact) mass is 459 g/mol. The molecule has 3 aliphatic rings. The molecule has 33 heavy (non-hydrogen) atoms. The van der Waals surface area contributed by atoms with Gasteiger partial charge in [-0.3, -0.25) is 24.0 Å². The Hall–Kier alpha value is -2.99. The largest absolute Gasteiger partial charge is 0.507 e. The topological polar surface area (TPSA) is 210 Å². The number of phenols is 1. The van der Waals surface area contributed by atoms with E-state index in [1.807, 2.05) is 0 Å². The first-order valence-electron chi connectivity index (χ1n) is 10.6. The van der Waals surface area contributed by atoms with Gasteiger partial charge in [0, 0.05) is 24.9 Å². The second-order valence-electron chi connectivity index (χ2n) is 9.09. The van der Waals surface area contributed by atoms with Crippen LogP contribution in [-0.4, -0.2) is 69.1 Å². The summed E-state index contributed by atoms with van der Waals surface area (Å²) >= 11 is 0. The second kappa shape index (κ2) is 7.52. The van der Waals surface area contributed by atoms with E-state index in [1.165, 1.54) is 25.1 Å². The van der Waals surface area contributed by atoms with Gasteiger partial charge in [-0.25, -0.2) is 0 Å². The van der Waals surface area contributed by atoms with Gasteiger partial charge in [-0.2, -0.15) is 0 Å². The molecule has 3 aliphatic carbocycles. The number of ketones is 4. The number of nitrogens with two attached hydrogens (primary N) is 2. The number of Topliss-reactive ketones (excluding diaryl/α,β-unsaturated/α-hetero) is 4. The van der Waals surface area contributed by atoms with Gasteiger partial charge in [-0.15, -0.1) is 0 Å². The van der Waals surface area contributed by atoms with Crippen molar-refractivity contribution in [3.05, 3.63) is 29.3 Å². The molecule has 0 saturated heterocycles. The Morgan fingerprint density at radius 1 is 1.15 bits per heavy atom. The fourth-order valence-electron chi connectivity index (χ4n) is 5.77. The highest BCUT2D eigenvalue weighted by atomic mass is 16.3. The van der Waals surface area contributed by atoms with Crippen LogP contribution in [0.1, 0.15) is 29.3 Å². The van der Waals surface area contributed by atoms with Crippen LogP contribution >= 0.6 is 0 Å². The number of nitrogens with one attached hydrogen (secondary N) is 1. The van der Waals surface area contributed by atoms with Crippen LogP contribution in [0.2, 0.25) is 0 Å². The predicted molar refractivity (Wildman–Crippen MR) is 111 cm³/mol. The second-order valence-corrected chi connectivity index (χ2v) is 9.09. The molecule has 0 spiro atoms. The molecule has 2 fully saturated rings. The normalized spacial score (nSPS) is 37.9. The van der Waals surface area contributed by atoms with Crippen LogP contribution in [0.15, 0.2) is 18.2 Å². The summed E-state index contributed by atoms with van der Waals surface area (Å²) in [5, 5.41) is 35.9. The molecular weight excluding hydrogens is 434 g/mol. The van der Waals surface area contributed by atoms with Gasteiger partial charge in [0.05, 0.1) is 23.1 Å². The Kier molecular flexibility index (Phi) is 5.28. The molecule has 0 aromatic heterocycles. The van der Waals surface area contributed by atoms with E-state index in [9.17, 15) is 39.3 Å². The third-order valence-electron chi connectivity index (χ3n) is 7.37. The van der Waals surface area contributed by atoms with Crippen LogP contribution in [0.4, 0.5) is 0 Å². The molecule has 0 bridgehead atoms. The van der Waals surface area contributed by atoms with Crippen molar-refractivity contribution in [1.82, 2.24) is 5.32 Å². The first-order valence-corrected chi connectivity index (χ1v) is 10.6. The molecule has 1 aromatic carbocycles. The SMILES string of the molecule is C[C@@]1(O)c2cccc(O)c2C(=O)C2C(=O)[C@]3(O)C(=O)C(C(N)=O)C(=O)[C@@H](NCCN)[C@@H]3C[C@@H]21. The molecule has 11 heteroatoms. The lowest BCUT2D eigenvalue weighted by Gasteiger charge is -2.54. The molecule has 11 nitrogen and oxygen atoms in total. The van der Waals surface area contributed by atoms with Gasteiger partial charge in [0.1, 0.15) is 5.75 Å². The predicted octanol–water partition coefficient (Wildman–Crippen LogP) is -2.48. The average molecular weight is 459 g/mol. The minimum Gasteiger partial charge on any atom is -0.507 e. The number of hydrogen-bond donors (Lipinski definition) is 6. The zero-order valence-electron chi connectivity index (χ0n) is 17.8. The lowest BCUT2D eigenvalue weighted by atomic mass is 9.50. The average Bonchev–Trinajstić information content (AvgIpc) is 2.74. The Labute approximate surface area is 188 Å². The first kappa shape index (κ1) is 23.2. The fraction of sp³-hybridized carbons (Fsp3) is 0.500. The summed E-state index contributed by atoms with van der Waals surface area (Å²) in [4.78, 5) is 65.1. The summed E-state index contributed by atoms with van der Waals surface area (Å²) in [5.74, 6) is -12.4. The Morgan fingerprint density at radius 2 is 1.82 bits per heavy atom. The van der Waals surface area contributed by atoms with Crippen molar-refractivity contribution in [3.8, 4) is 5.75 Å². The van der Waals surface area contributed by atoms with E-state index in [-0.39, 0.29) is 30.6 Å². The number of phenolic OH excluding ortho intramolecular Hbond substituents is 1. The van der Waals surface area contributed by atoms with Crippen LogP contribution in [0.3, 0.4) is 0 Å². The highest BCUT2D eigenvalue weighted by molar-refractivity contribution is 6.32. The Bertz CT molecular complexity index is 1100. The summed E-state index contributed by atoms with van der Waals surface area (Å²) in [5.41, 5.74) is 5.91. The number of carbonyl (C=O) groups excluding carboxylic acids is 5. The van der Waals surface area contributed by atoms with E-state index in [4.69, 9.17) is 11.5 Å². The molecule has 2 unspecified atom stereocenters. The number of carbonyl (C=O) groups is 5. The number of hydrogen-bond acceptors (Lipinski definition) is 10. The third-order valence-corrected chi connectivity index (χ3v) is 7.37. The molecule has 4 rings (SSSR count). The quantitative estimate of drug-likeness (QED) is 0.261. The summed E-state index contributed by atoms with van der Waals surface area (Å²) in [6.45, 7) is 1.51. The molecule has 0 radical (unpaired) electrons. The molecule has 8 N–H and O–H groups in total. The number of primary amides is 1. The van der Waals surface area contributed by atoms with Crippen LogP contribution in [0.5, 0.6) is 5.75 Å². The maximum absolute atomic E-state index is 13.6. The van der Waals surface area contributed by atoms with Gasteiger partial charge in [0.25, 0.3) is 0 Å². The van der Waals surface area contributed by atoms with Gasteiger partial charge < -0.3 is 32.1 Å². The zero-order valence-corrected chi connectivity index (χ0v) is 17.8. The van der Waals surface area contributed by atoms with Crippen LogP contribution < -0.4 is 16.8 Å². The number of rotatable bonds is 4. The van der Waals surface area contributed by atoms with Crippen molar-refractivity contribution in [3.63, 3.8) is 0 Å². The van der Waals surface area contributed by atoms with E-state index < -0.39 is 75.7 Å². The number of aromatic hydroxyl groups is 1. The standard InChI is InChI=1S/C22H25N3O8/c1-21(32)8-3-2-4-11(26)12(8)16(27)13-9(21)7-10-15(25-6-5-23)17(28)14(20(24)31)19(30)22(10,33)18(13)29/h2-4,9-10,13-15,25-26,32-33H,5-7,23H2,1H3,(H2,24,31)/t9-,10-,13?,14?,15-,21+,22-/m0/s1. The van der Waals surface area contributed by atoms with E-state index in [0.717, 1.165) is 0 Å². The molecular formula is C22H25N3O8. The molecule has 0 heterocycles. The third kappa shape index (κ3) is 2.93. The lowest BCUT2D eigenvalue weighted by Crippen LogP contribution is -2.75. The highest BCUT2D eigenvalue weighted by Gasteiger charge is 2.71. The van der Waals surface area contributed by atoms with Crippen molar-refractivity contribution >= 4 is 29.0 Å². The van der Waals surface area contributed by atoms with Crippen molar-refractivity contribution in [2.45, 2.75) is 30.6 Å². The maximum atomic E-state index is 13.6. The minimum atomic E-state index is -2.87. The molecule has 0 aliphatic heterocycles. The van der Waals surface area contributed by atoms with Crippen molar-refractivity contribution in [2.75, 3.05) is 13.1 Å². The lowest BCUT2D eigenvalue weighted by molar-refractivity contribution is -0.185. The van der Waals surface area contributed by atoms with E-state index in [1.54, 1.807) is 0 Å². The number of amides is 1. The summed E-state index contributed by atoms with van der Waals surface area (Å²) in [7, 11) is 0. The smallest absolute Gasteiger partial charge is 0.235 e. The van der Waals surface area contributed by atoms with Gasteiger partial charge in [-0.1, -0.05) is 12.1 Å². The molecule has 176 valence electrons. The minimum absolute atomic E-state index is 0.0664. The van der Waals surface area contributed by atoms with Gasteiger partial charge in [0.15, 0.2) is 34.7 Å². The Morgan fingerprint density at radius 3 is 2.42 bits per heavy atom. The fourth-order valence-corrected chi connectivity index (χ4v) is 5.77. The van der Waals surface area contributed by atoms with Gasteiger partial charge in [0.2, 0.25) is 5.91 Å². The van der Waals surface area contributed by atoms with Crippen LogP contribution in [0, 0.1) is 23.7 Å². The molecule has 2 saturated carbocycles. The van der Waals surface area contributed by atoms with Crippen molar-refractivity contribution in [2.24, 2.45) is 35.1 Å². The maximum Gasteiger partial charge on any atom is 0.235 e. The summed E-state index contributed by atoms with van der Waals surface area (Å²) in [6, 6.07) is 2.76. The summed E-state index contributed by atoms with van der Waals surface area (Å²) < 4.78 is 0. The Balaban J connectivity index is 1.91. The van der Waals surface area contributed by atoms with Crippen LogP contribution in [-0.2, 0) is 24.8 Å². The number of fused-ring (bicyclic) bond motifs is 3. The van der Waals surface area contributed by atoms with Gasteiger partial charge in [-0.05, 0) is 25.0 Å². The summed E-state index contributed by atoms with van der Waals surface area (Å²) in [6.07, 6.45) is -0.272. The van der Waals surface area contributed by atoms with Crippen LogP contribution in [0.25, 0.3) is 0 Å². The molecule has 1 aromatic rings. The molecule has 7 atom stereocenters. The van der Waals surface area contributed by atoms with E-state index >= 15 is 0 Å². The van der Waals surface area contributed by atoms with E-state index in [2.05, 4.69) is 5.32 Å². The van der Waals surface area contributed by atoms with Gasteiger partial charge >= 0.3 is 0 Å². The van der Waals surface area contributed by atoms with Crippen molar-refractivity contribution in [1.29, 1.82) is 0 Å². The molecule has 1 amide bonds.